The molecule has 1 fully saturated rings. The van der Waals surface area contributed by atoms with Crippen LogP contribution in [0.15, 0.2) is 0 Å². The number of aliphatic hydroxyl groups is 1. The molecule has 0 aromatic rings. The fourth-order valence-electron chi connectivity index (χ4n) is 2.08. The maximum atomic E-state index is 11.9. The molecule has 102 valence electrons. The zero-order valence-electron chi connectivity index (χ0n) is 10.9. The Kier molecular flexibility index (Phi) is 5.41. The Balaban J connectivity index is 2.40. The number of aliphatic hydroxyl groups excluding tert-OH is 1. The van der Waals surface area contributed by atoms with Gasteiger partial charge in [0.15, 0.2) is 0 Å². The van der Waals surface area contributed by atoms with Crippen molar-refractivity contribution < 1.29 is 13.5 Å². The standard InChI is InChI=1S/C12H25NO3S/c1-12(2,10-14)9-13-17(15,16)8-11-6-4-3-5-7-11/h11,13-14H,3-10H2,1-2H3. The molecule has 1 aliphatic carbocycles. The van der Waals surface area contributed by atoms with E-state index < -0.39 is 10.0 Å². The lowest BCUT2D eigenvalue weighted by atomic mass is 9.91. The molecule has 0 atom stereocenters. The van der Waals surface area contributed by atoms with Gasteiger partial charge in [0.2, 0.25) is 10.0 Å². The van der Waals surface area contributed by atoms with Gasteiger partial charge >= 0.3 is 0 Å². The van der Waals surface area contributed by atoms with Crippen LogP contribution in [-0.4, -0.2) is 32.4 Å². The molecule has 4 nitrogen and oxygen atoms in total. The molecule has 1 rings (SSSR count). The van der Waals surface area contributed by atoms with Crippen molar-refractivity contribution >= 4 is 10.0 Å². The van der Waals surface area contributed by atoms with Gasteiger partial charge in [0.05, 0.1) is 5.75 Å². The Bertz CT molecular complexity index is 319. The van der Waals surface area contributed by atoms with Gasteiger partial charge in [-0.25, -0.2) is 13.1 Å². The van der Waals surface area contributed by atoms with Gasteiger partial charge in [0.1, 0.15) is 0 Å². The summed E-state index contributed by atoms with van der Waals surface area (Å²) in [4.78, 5) is 0. The number of sulfonamides is 1. The van der Waals surface area contributed by atoms with Crippen LogP contribution in [0.1, 0.15) is 46.0 Å². The molecule has 0 spiro atoms. The van der Waals surface area contributed by atoms with Gasteiger partial charge in [-0.3, -0.25) is 0 Å². The highest BCUT2D eigenvalue weighted by atomic mass is 32.2. The van der Waals surface area contributed by atoms with Crippen LogP contribution >= 0.6 is 0 Å². The van der Waals surface area contributed by atoms with E-state index in [0.717, 1.165) is 25.7 Å². The van der Waals surface area contributed by atoms with Crippen LogP contribution in [0.3, 0.4) is 0 Å². The molecule has 0 aromatic carbocycles. The molecule has 17 heavy (non-hydrogen) atoms. The zero-order chi connectivity index (χ0) is 12.9. The SMILES string of the molecule is CC(C)(CO)CNS(=O)(=O)CC1CCCCC1. The number of hydrogen-bond donors (Lipinski definition) is 2. The topological polar surface area (TPSA) is 66.4 Å². The summed E-state index contributed by atoms with van der Waals surface area (Å²) in [6, 6.07) is 0. The lowest BCUT2D eigenvalue weighted by molar-refractivity contribution is 0.163. The highest BCUT2D eigenvalue weighted by Crippen LogP contribution is 2.24. The lowest BCUT2D eigenvalue weighted by Gasteiger charge is -2.24. The predicted octanol–water partition coefficient (Wildman–Crippen LogP) is 1.50. The highest BCUT2D eigenvalue weighted by Gasteiger charge is 2.24. The third-order valence-electron chi connectivity index (χ3n) is 3.38. The van der Waals surface area contributed by atoms with Crippen molar-refractivity contribution in [2.24, 2.45) is 11.3 Å². The first-order valence-electron chi connectivity index (χ1n) is 6.43. The van der Waals surface area contributed by atoms with Crippen LogP contribution in [0.2, 0.25) is 0 Å². The van der Waals surface area contributed by atoms with Gasteiger partial charge in [-0.15, -0.1) is 0 Å². The van der Waals surface area contributed by atoms with Crippen LogP contribution in [0.5, 0.6) is 0 Å². The van der Waals surface area contributed by atoms with Gasteiger partial charge in [-0.05, 0) is 18.8 Å². The normalized spacial score (nSPS) is 19.5. The lowest BCUT2D eigenvalue weighted by Crippen LogP contribution is -2.38. The van der Waals surface area contributed by atoms with Gasteiger partial charge in [0, 0.05) is 18.6 Å². The van der Waals surface area contributed by atoms with Crippen LogP contribution in [0, 0.1) is 11.3 Å². The van der Waals surface area contributed by atoms with E-state index in [4.69, 9.17) is 5.11 Å². The minimum Gasteiger partial charge on any atom is -0.396 e. The van der Waals surface area contributed by atoms with Gasteiger partial charge < -0.3 is 5.11 Å². The molecule has 0 saturated heterocycles. The van der Waals surface area contributed by atoms with Crippen molar-refractivity contribution in [2.45, 2.75) is 46.0 Å². The van der Waals surface area contributed by atoms with Crippen molar-refractivity contribution in [2.75, 3.05) is 18.9 Å². The van der Waals surface area contributed by atoms with Crippen molar-refractivity contribution in [1.82, 2.24) is 4.72 Å². The molecule has 0 aliphatic heterocycles. The largest absolute Gasteiger partial charge is 0.396 e. The second-order valence-corrected chi connectivity index (χ2v) is 7.78. The minimum atomic E-state index is -3.19. The first-order chi connectivity index (χ1) is 7.85. The van der Waals surface area contributed by atoms with Gasteiger partial charge in [-0.1, -0.05) is 33.1 Å². The molecule has 0 aromatic heterocycles. The van der Waals surface area contributed by atoms with E-state index >= 15 is 0 Å². The average Bonchev–Trinajstić information content (AvgIpc) is 2.28. The fourth-order valence-corrected chi connectivity index (χ4v) is 3.77. The Morgan fingerprint density at radius 3 is 2.35 bits per heavy atom. The Morgan fingerprint density at radius 2 is 1.82 bits per heavy atom. The molecular formula is C12H25NO3S. The second kappa shape index (κ2) is 6.16. The molecule has 2 N–H and O–H groups in total. The third kappa shape index (κ3) is 5.84. The first kappa shape index (κ1) is 14.9. The molecule has 1 saturated carbocycles. The Labute approximate surface area is 105 Å². The molecule has 0 unspecified atom stereocenters. The van der Waals surface area contributed by atoms with E-state index in [2.05, 4.69) is 4.72 Å². The summed E-state index contributed by atoms with van der Waals surface area (Å²) in [7, 11) is -3.19. The van der Waals surface area contributed by atoms with Crippen molar-refractivity contribution in [3.05, 3.63) is 0 Å². The van der Waals surface area contributed by atoms with Crippen LogP contribution in [0.4, 0.5) is 0 Å². The fraction of sp³-hybridized carbons (Fsp3) is 1.00. The van der Waals surface area contributed by atoms with Crippen molar-refractivity contribution in [3.8, 4) is 0 Å². The summed E-state index contributed by atoms with van der Waals surface area (Å²) < 4.78 is 26.3. The smallest absolute Gasteiger partial charge is 0.211 e. The van der Waals surface area contributed by atoms with Crippen LogP contribution in [-0.2, 0) is 10.0 Å². The van der Waals surface area contributed by atoms with E-state index in [1.807, 2.05) is 13.8 Å². The summed E-state index contributed by atoms with van der Waals surface area (Å²) in [5.74, 6) is 0.563. The molecule has 0 heterocycles. The number of nitrogens with one attached hydrogen (secondary N) is 1. The van der Waals surface area contributed by atoms with Gasteiger partial charge in [0.25, 0.3) is 0 Å². The predicted molar refractivity (Wildman–Crippen MR) is 69.2 cm³/mol. The second-order valence-electron chi connectivity index (χ2n) is 5.93. The minimum absolute atomic E-state index is 0.0149. The van der Waals surface area contributed by atoms with E-state index in [1.54, 1.807) is 0 Å². The first-order valence-corrected chi connectivity index (χ1v) is 8.08. The Morgan fingerprint density at radius 1 is 1.24 bits per heavy atom. The summed E-state index contributed by atoms with van der Waals surface area (Å²) in [6.45, 7) is 3.98. The molecular weight excluding hydrogens is 238 g/mol. The monoisotopic (exact) mass is 263 g/mol. The van der Waals surface area contributed by atoms with E-state index in [-0.39, 0.29) is 17.8 Å². The van der Waals surface area contributed by atoms with Gasteiger partial charge in [-0.2, -0.15) is 0 Å². The van der Waals surface area contributed by atoms with Crippen molar-refractivity contribution in [1.29, 1.82) is 0 Å². The summed E-state index contributed by atoms with van der Waals surface area (Å²) in [5, 5.41) is 9.08. The van der Waals surface area contributed by atoms with E-state index in [1.165, 1.54) is 6.42 Å². The van der Waals surface area contributed by atoms with Crippen molar-refractivity contribution in [3.63, 3.8) is 0 Å². The number of rotatable bonds is 6. The molecule has 0 bridgehead atoms. The number of hydrogen-bond acceptors (Lipinski definition) is 3. The van der Waals surface area contributed by atoms with Crippen LogP contribution in [0.25, 0.3) is 0 Å². The maximum Gasteiger partial charge on any atom is 0.211 e. The molecule has 0 amide bonds. The maximum absolute atomic E-state index is 11.9. The molecule has 1 aliphatic rings. The highest BCUT2D eigenvalue weighted by molar-refractivity contribution is 7.89. The molecule has 0 radical (unpaired) electrons. The van der Waals surface area contributed by atoms with Crippen LogP contribution < -0.4 is 4.72 Å². The molecule has 5 heteroatoms. The zero-order valence-corrected chi connectivity index (χ0v) is 11.7. The summed E-state index contributed by atoms with van der Waals surface area (Å²) >= 11 is 0. The van der Waals surface area contributed by atoms with E-state index in [9.17, 15) is 8.42 Å². The Hall–Kier alpha value is -0.130. The van der Waals surface area contributed by atoms with E-state index in [0.29, 0.717) is 12.5 Å². The quantitative estimate of drug-likeness (QED) is 0.763. The third-order valence-corrected chi connectivity index (χ3v) is 4.87. The average molecular weight is 263 g/mol. The summed E-state index contributed by atoms with van der Waals surface area (Å²) in [6.07, 6.45) is 5.61. The summed E-state index contributed by atoms with van der Waals surface area (Å²) in [5.41, 5.74) is -0.389.